The third kappa shape index (κ3) is 2.55. The average Bonchev–Trinajstić information content (AvgIpc) is 3.45. The molecule has 3 atom stereocenters. The van der Waals surface area contributed by atoms with Crippen molar-refractivity contribution < 1.29 is 28.6 Å². The van der Waals surface area contributed by atoms with E-state index in [-0.39, 0.29) is 41.7 Å². The van der Waals surface area contributed by atoms with Crippen molar-refractivity contribution in [3.05, 3.63) is 61.8 Å². The monoisotopic (exact) mass is 515 g/mol. The maximum Gasteiger partial charge on any atom is 0.316 e. The number of aromatic nitrogens is 1. The summed E-state index contributed by atoms with van der Waals surface area (Å²) in [6.07, 6.45) is 1.69. The van der Waals surface area contributed by atoms with Gasteiger partial charge in [0.1, 0.15) is 22.6 Å². The van der Waals surface area contributed by atoms with Crippen molar-refractivity contribution in [2.24, 2.45) is 11.3 Å². The number of rotatable bonds is 3. The summed E-state index contributed by atoms with van der Waals surface area (Å²) < 4.78 is 19.9. The van der Waals surface area contributed by atoms with E-state index in [1.54, 1.807) is 7.05 Å². The van der Waals surface area contributed by atoms with Crippen LogP contribution in [0.4, 0.5) is 4.39 Å². The molecule has 1 aromatic heterocycles. The molecule has 2 saturated carbocycles. The van der Waals surface area contributed by atoms with Crippen LogP contribution >= 0.6 is 11.6 Å². The van der Waals surface area contributed by atoms with Gasteiger partial charge in [-0.2, -0.15) is 0 Å². The summed E-state index contributed by atoms with van der Waals surface area (Å²) in [4.78, 5) is 56.5. The molecule has 6 rings (SSSR count). The summed E-state index contributed by atoms with van der Waals surface area (Å²) in [7, 11) is 2.84. The molecule has 2 fully saturated rings. The maximum atomic E-state index is 13.6. The van der Waals surface area contributed by atoms with Crippen LogP contribution in [0, 0.1) is 17.2 Å². The number of fused-ring (bicyclic) bond motifs is 6. The molecule has 11 heteroatoms. The van der Waals surface area contributed by atoms with E-state index in [2.05, 4.69) is 0 Å². The van der Waals surface area contributed by atoms with Crippen LogP contribution in [0.25, 0.3) is 0 Å². The van der Waals surface area contributed by atoms with Crippen LogP contribution in [0.5, 0.6) is 5.75 Å². The van der Waals surface area contributed by atoms with Crippen LogP contribution in [0.3, 0.4) is 0 Å². The second-order valence-corrected chi connectivity index (χ2v) is 10.4. The highest BCUT2D eigenvalue weighted by molar-refractivity contribution is 6.30. The number of ether oxygens (including phenoxy) is 1. The fourth-order valence-electron chi connectivity index (χ4n) is 6.90. The van der Waals surface area contributed by atoms with Crippen molar-refractivity contribution in [2.45, 2.75) is 37.9 Å². The maximum absolute atomic E-state index is 13.6. The molecular weight excluding hydrogens is 493 g/mol. The summed E-state index contributed by atoms with van der Waals surface area (Å²) in [5, 5.41) is 11.0. The second kappa shape index (κ2) is 7.32. The number of hydrogen-bond donors (Lipinski definition) is 1. The van der Waals surface area contributed by atoms with Crippen LogP contribution in [-0.2, 0) is 28.2 Å². The van der Waals surface area contributed by atoms with Gasteiger partial charge >= 0.3 is 5.97 Å². The van der Waals surface area contributed by atoms with E-state index < -0.39 is 46.0 Å². The highest BCUT2D eigenvalue weighted by atomic mass is 35.5. The smallest absolute Gasteiger partial charge is 0.316 e. The first kappa shape index (κ1) is 23.0. The van der Waals surface area contributed by atoms with Crippen LogP contribution in [0.1, 0.15) is 51.2 Å². The Bertz CT molecular complexity index is 1460. The van der Waals surface area contributed by atoms with Gasteiger partial charge in [0.25, 0.3) is 17.4 Å². The molecule has 3 heterocycles. The van der Waals surface area contributed by atoms with Gasteiger partial charge in [0.2, 0.25) is 0 Å². The Labute approximate surface area is 210 Å². The Kier molecular flexibility index (Phi) is 4.68. The van der Waals surface area contributed by atoms with Crippen LogP contribution < -0.4 is 5.56 Å². The second-order valence-electron chi connectivity index (χ2n) is 10.00. The number of nitrogens with zero attached hydrogens (tertiary/aromatic N) is 3. The molecule has 1 spiro atoms. The molecule has 2 aromatic rings. The summed E-state index contributed by atoms with van der Waals surface area (Å²) in [6.45, 7) is 0.293. The predicted octanol–water partition coefficient (Wildman–Crippen LogP) is 2.26. The van der Waals surface area contributed by atoms with Crippen molar-refractivity contribution in [3.63, 3.8) is 0 Å². The standard InChI is InChI=1S/C25H23ClFN3O6/c1-28-21(33)18-14-6-8-29(11-12-3-4-16(27)15(26)9-12)20(32)17(14)19(31)22(34)30(18)25(28)7-5-13-10-24(13,25)23(35)36-2/h3-4,9,13,31H,5-8,10-11H2,1-2H3/t13-,24+,25+/m1/s1. The van der Waals surface area contributed by atoms with Gasteiger partial charge in [-0.15, -0.1) is 0 Å². The van der Waals surface area contributed by atoms with E-state index in [9.17, 15) is 28.7 Å². The Morgan fingerprint density at radius 2 is 2.03 bits per heavy atom. The lowest BCUT2D eigenvalue weighted by Crippen LogP contribution is -2.56. The Morgan fingerprint density at radius 3 is 2.69 bits per heavy atom. The number of aromatic hydroxyl groups is 1. The number of halogens is 2. The van der Waals surface area contributed by atoms with Gasteiger partial charge < -0.3 is 19.6 Å². The fourth-order valence-corrected chi connectivity index (χ4v) is 7.10. The van der Waals surface area contributed by atoms with Gasteiger partial charge in [0.15, 0.2) is 5.75 Å². The lowest BCUT2D eigenvalue weighted by Gasteiger charge is -2.40. The highest BCUT2D eigenvalue weighted by Crippen LogP contribution is 2.73. The number of benzene rings is 1. The lowest BCUT2D eigenvalue weighted by molar-refractivity contribution is -0.156. The minimum Gasteiger partial charge on any atom is -0.502 e. The molecule has 36 heavy (non-hydrogen) atoms. The number of amides is 2. The molecule has 0 unspecified atom stereocenters. The van der Waals surface area contributed by atoms with E-state index in [4.69, 9.17) is 16.3 Å². The fraction of sp³-hybridized carbons (Fsp3) is 0.440. The predicted molar refractivity (Wildman–Crippen MR) is 124 cm³/mol. The van der Waals surface area contributed by atoms with Crippen molar-refractivity contribution in [2.75, 3.05) is 20.7 Å². The lowest BCUT2D eigenvalue weighted by atomic mass is 9.88. The van der Waals surface area contributed by atoms with Gasteiger partial charge in [-0.3, -0.25) is 23.7 Å². The minimum absolute atomic E-state index is 0.0316. The molecule has 1 N–H and O–H groups in total. The SMILES string of the molecule is COC(=O)[C@]12C[C@H]1CC[C@@]21N(C)C(=O)c2c3c(c(O)c(=O)n21)C(=O)N(Cc1ccc(F)c(Cl)c1)CC3. The van der Waals surface area contributed by atoms with Gasteiger partial charge in [-0.05, 0) is 49.3 Å². The van der Waals surface area contributed by atoms with Crippen LogP contribution in [-0.4, -0.2) is 58.0 Å². The number of methoxy groups -OCH3 is 1. The molecule has 0 bridgehead atoms. The van der Waals surface area contributed by atoms with Crippen molar-refractivity contribution in [1.82, 2.24) is 14.4 Å². The zero-order chi connectivity index (χ0) is 25.7. The molecule has 4 aliphatic rings. The van der Waals surface area contributed by atoms with Crippen LogP contribution in [0.2, 0.25) is 5.02 Å². The third-order valence-corrected chi connectivity index (χ3v) is 8.88. The van der Waals surface area contributed by atoms with Crippen molar-refractivity contribution in [3.8, 4) is 5.75 Å². The number of pyridine rings is 1. The number of esters is 1. The van der Waals surface area contributed by atoms with E-state index in [1.165, 1.54) is 39.7 Å². The molecule has 0 saturated heterocycles. The molecule has 9 nitrogen and oxygen atoms in total. The Morgan fingerprint density at radius 1 is 1.28 bits per heavy atom. The number of carbonyl (C=O) groups is 3. The Balaban J connectivity index is 1.48. The quantitative estimate of drug-likeness (QED) is 0.628. The first-order valence-corrected chi connectivity index (χ1v) is 12.1. The minimum atomic E-state index is -1.29. The first-order chi connectivity index (χ1) is 17.1. The zero-order valence-electron chi connectivity index (χ0n) is 19.6. The van der Waals surface area contributed by atoms with E-state index in [0.29, 0.717) is 30.4 Å². The largest absolute Gasteiger partial charge is 0.502 e. The number of hydrogen-bond acceptors (Lipinski definition) is 6. The summed E-state index contributed by atoms with van der Waals surface area (Å²) >= 11 is 5.87. The van der Waals surface area contributed by atoms with E-state index in [1.807, 2.05) is 0 Å². The summed E-state index contributed by atoms with van der Waals surface area (Å²) in [5.41, 5.74) is -2.51. The molecule has 188 valence electrons. The molecule has 2 amide bonds. The highest BCUT2D eigenvalue weighted by Gasteiger charge is 2.80. The molecule has 2 aliphatic heterocycles. The average molecular weight is 516 g/mol. The molecule has 0 radical (unpaired) electrons. The summed E-state index contributed by atoms with van der Waals surface area (Å²) in [6, 6.07) is 4.12. The Hall–Kier alpha value is -3.40. The van der Waals surface area contributed by atoms with Gasteiger partial charge in [-0.25, -0.2) is 4.39 Å². The van der Waals surface area contributed by atoms with Gasteiger partial charge in [-0.1, -0.05) is 17.7 Å². The number of carbonyl (C=O) groups excluding carboxylic acids is 3. The first-order valence-electron chi connectivity index (χ1n) is 11.7. The van der Waals surface area contributed by atoms with Gasteiger partial charge in [0, 0.05) is 25.7 Å². The van der Waals surface area contributed by atoms with E-state index in [0.717, 1.165) is 0 Å². The van der Waals surface area contributed by atoms with Gasteiger partial charge in [0.05, 0.1) is 17.7 Å². The summed E-state index contributed by atoms with van der Waals surface area (Å²) in [5.74, 6) is -2.91. The molecular formula is C25H23ClFN3O6. The third-order valence-electron chi connectivity index (χ3n) is 8.59. The van der Waals surface area contributed by atoms with E-state index >= 15 is 0 Å². The van der Waals surface area contributed by atoms with Crippen LogP contribution in [0.15, 0.2) is 23.0 Å². The van der Waals surface area contributed by atoms with Crippen molar-refractivity contribution in [1.29, 1.82) is 0 Å². The molecule has 1 aromatic carbocycles. The normalized spacial score (nSPS) is 27.8. The topological polar surface area (TPSA) is 109 Å². The zero-order valence-corrected chi connectivity index (χ0v) is 20.4. The molecule has 2 aliphatic carbocycles. The van der Waals surface area contributed by atoms with Crippen molar-refractivity contribution >= 4 is 29.4 Å².